The summed E-state index contributed by atoms with van der Waals surface area (Å²) in [6.45, 7) is 2.89. The number of fused-ring (bicyclic) bond motifs is 2. The quantitative estimate of drug-likeness (QED) is 0.502. The number of nitrogens with zero attached hydrogens (tertiary/aromatic N) is 1. The lowest BCUT2D eigenvalue weighted by molar-refractivity contribution is -0.145. The molecule has 0 fully saturated rings. The molecule has 3 aromatic rings. The number of amides is 1. The predicted molar refractivity (Wildman–Crippen MR) is 131 cm³/mol. The number of benzene rings is 3. The first-order valence-corrected chi connectivity index (χ1v) is 11.5. The molecular formula is C27H30N2O5. The average Bonchev–Trinajstić information content (AvgIpc) is 2.85. The van der Waals surface area contributed by atoms with E-state index in [9.17, 15) is 9.59 Å². The summed E-state index contributed by atoms with van der Waals surface area (Å²) < 4.78 is 16.2. The Balaban J connectivity index is 1.59. The molecule has 34 heavy (non-hydrogen) atoms. The topological polar surface area (TPSA) is 77.1 Å². The van der Waals surface area contributed by atoms with E-state index < -0.39 is 0 Å². The predicted octanol–water partition coefficient (Wildman–Crippen LogP) is 4.35. The molecule has 1 aliphatic heterocycles. The minimum Gasteiger partial charge on any atom is -0.493 e. The van der Waals surface area contributed by atoms with Crippen molar-refractivity contribution in [1.29, 1.82) is 0 Å². The summed E-state index contributed by atoms with van der Waals surface area (Å²) in [6.07, 6.45) is 0.883. The summed E-state index contributed by atoms with van der Waals surface area (Å²) in [4.78, 5) is 27.6. The summed E-state index contributed by atoms with van der Waals surface area (Å²) in [7, 11) is 3.19. The Kier molecular flexibility index (Phi) is 7.33. The summed E-state index contributed by atoms with van der Waals surface area (Å²) in [5, 5.41) is 5.11. The first-order valence-electron chi connectivity index (χ1n) is 11.5. The SMILES string of the molecule is CCOC(=O)C[C@H]1c2cc(OC)c(OC)cc2CCN1CC(=O)Nc1cccc2ccccc12. The standard InChI is InChI=1S/C27H30N2O5/c1-4-34-27(31)16-23-21-15-25(33-3)24(32-2)14-19(21)12-13-29(23)17-26(30)28-22-11-7-9-18-8-5-6-10-20(18)22/h5-11,14-15,23H,4,12-13,16-17H2,1-3H3,(H,28,30)/t23-/m0/s1. The maximum Gasteiger partial charge on any atom is 0.307 e. The van der Waals surface area contributed by atoms with E-state index in [1.54, 1.807) is 21.1 Å². The van der Waals surface area contributed by atoms with Gasteiger partial charge in [-0.3, -0.25) is 14.5 Å². The summed E-state index contributed by atoms with van der Waals surface area (Å²) in [5.74, 6) is 0.819. The van der Waals surface area contributed by atoms with Crippen molar-refractivity contribution < 1.29 is 23.8 Å². The van der Waals surface area contributed by atoms with E-state index in [4.69, 9.17) is 14.2 Å². The number of nitrogens with one attached hydrogen (secondary N) is 1. The molecule has 0 radical (unpaired) electrons. The fraction of sp³-hybridized carbons (Fsp3) is 0.333. The van der Waals surface area contributed by atoms with E-state index in [1.165, 1.54) is 0 Å². The molecule has 1 amide bonds. The van der Waals surface area contributed by atoms with Crippen LogP contribution in [0.1, 0.15) is 30.5 Å². The zero-order valence-electron chi connectivity index (χ0n) is 19.8. The minimum atomic E-state index is -0.305. The lowest BCUT2D eigenvalue weighted by Crippen LogP contribution is -2.41. The fourth-order valence-corrected chi connectivity index (χ4v) is 4.59. The van der Waals surface area contributed by atoms with Crippen molar-refractivity contribution in [2.75, 3.05) is 39.2 Å². The fourth-order valence-electron chi connectivity index (χ4n) is 4.59. The highest BCUT2D eigenvalue weighted by Crippen LogP contribution is 2.39. The third-order valence-corrected chi connectivity index (χ3v) is 6.19. The van der Waals surface area contributed by atoms with Gasteiger partial charge in [0.15, 0.2) is 11.5 Å². The molecule has 1 aliphatic rings. The number of anilines is 1. The van der Waals surface area contributed by atoms with Crippen LogP contribution in [0.15, 0.2) is 54.6 Å². The molecule has 4 rings (SSSR count). The Morgan fingerprint density at radius 1 is 1.03 bits per heavy atom. The smallest absolute Gasteiger partial charge is 0.307 e. The van der Waals surface area contributed by atoms with E-state index in [0.717, 1.165) is 34.0 Å². The van der Waals surface area contributed by atoms with Gasteiger partial charge in [0.25, 0.3) is 0 Å². The summed E-state index contributed by atoms with van der Waals surface area (Å²) in [5.41, 5.74) is 2.81. The van der Waals surface area contributed by atoms with Gasteiger partial charge in [-0.25, -0.2) is 0 Å². The van der Waals surface area contributed by atoms with Crippen molar-refractivity contribution >= 4 is 28.3 Å². The second kappa shape index (κ2) is 10.6. The van der Waals surface area contributed by atoms with Crippen LogP contribution in [-0.2, 0) is 20.7 Å². The van der Waals surface area contributed by atoms with Gasteiger partial charge in [0, 0.05) is 23.7 Å². The Bertz CT molecular complexity index is 1190. The van der Waals surface area contributed by atoms with Gasteiger partial charge in [0.2, 0.25) is 5.91 Å². The maximum atomic E-state index is 13.1. The first-order chi connectivity index (χ1) is 16.5. The van der Waals surface area contributed by atoms with E-state index in [-0.39, 0.29) is 30.9 Å². The second-order valence-electron chi connectivity index (χ2n) is 8.23. The monoisotopic (exact) mass is 462 g/mol. The van der Waals surface area contributed by atoms with Crippen molar-refractivity contribution in [3.8, 4) is 11.5 Å². The highest BCUT2D eigenvalue weighted by atomic mass is 16.5. The molecule has 0 saturated heterocycles. The number of carbonyl (C=O) groups excluding carboxylic acids is 2. The Labute approximate surface area is 199 Å². The van der Waals surface area contributed by atoms with Crippen LogP contribution in [0.5, 0.6) is 11.5 Å². The van der Waals surface area contributed by atoms with Crippen molar-refractivity contribution in [3.05, 3.63) is 65.7 Å². The molecule has 3 aromatic carbocycles. The molecule has 178 valence electrons. The minimum absolute atomic E-state index is 0.130. The number of methoxy groups -OCH3 is 2. The first kappa shape index (κ1) is 23.6. The largest absolute Gasteiger partial charge is 0.493 e. The number of rotatable bonds is 8. The van der Waals surface area contributed by atoms with Crippen LogP contribution < -0.4 is 14.8 Å². The normalized spacial score (nSPS) is 15.4. The molecule has 0 aliphatic carbocycles. The molecule has 1 N–H and O–H groups in total. The number of hydrogen-bond acceptors (Lipinski definition) is 6. The number of ether oxygens (including phenoxy) is 3. The van der Waals surface area contributed by atoms with Crippen LogP contribution in [0.3, 0.4) is 0 Å². The van der Waals surface area contributed by atoms with Gasteiger partial charge in [-0.1, -0.05) is 36.4 Å². The van der Waals surface area contributed by atoms with E-state index in [0.29, 0.717) is 24.7 Å². The van der Waals surface area contributed by atoms with Crippen LogP contribution in [0.4, 0.5) is 5.69 Å². The zero-order chi connectivity index (χ0) is 24.1. The number of esters is 1. The van der Waals surface area contributed by atoms with Gasteiger partial charge in [-0.15, -0.1) is 0 Å². The summed E-state index contributed by atoms with van der Waals surface area (Å²) in [6, 6.07) is 17.3. The molecule has 0 spiro atoms. The van der Waals surface area contributed by atoms with Gasteiger partial charge in [-0.05, 0) is 48.1 Å². The molecular weight excluding hydrogens is 432 g/mol. The maximum absolute atomic E-state index is 13.1. The van der Waals surface area contributed by atoms with E-state index >= 15 is 0 Å². The van der Waals surface area contributed by atoms with Gasteiger partial charge >= 0.3 is 5.97 Å². The van der Waals surface area contributed by atoms with Crippen LogP contribution in [0, 0.1) is 0 Å². The molecule has 7 heteroatoms. The molecule has 1 heterocycles. The second-order valence-corrected chi connectivity index (χ2v) is 8.23. The van der Waals surface area contributed by atoms with E-state index in [2.05, 4.69) is 5.32 Å². The zero-order valence-corrected chi connectivity index (χ0v) is 19.8. The average molecular weight is 463 g/mol. The van der Waals surface area contributed by atoms with Crippen LogP contribution in [0.25, 0.3) is 10.8 Å². The Morgan fingerprint density at radius 2 is 1.76 bits per heavy atom. The van der Waals surface area contributed by atoms with Gasteiger partial charge < -0.3 is 19.5 Å². The van der Waals surface area contributed by atoms with Crippen molar-refractivity contribution in [3.63, 3.8) is 0 Å². The van der Waals surface area contributed by atoms with Gasteiger partial charge in [0.1, 0.15) is 0 Å². The van der Waals surface area contributed by atoms with Crippen LogP contribution in [0.2, 0.25) is 0 Å². The molecule has 0 saturated carbocycles. The van der Waals surface area contributed by atoms with Crippen LogP contribution >= 0.6 is 0 Å². The molecule has 0 unspecified atom stereocenters. The third-order valence-electron chi connectivity index (χ3n) is 6.19. The highest BCUT2D eigenvalue weighted by molar-refractivity contribution is 6.02. The van der Waals surface area contributed by atoms with E-state index in [1.807, 2.05) is 59.5 Å². The van der Waals surface area contributed by atoms with Gasteiger partial charge in [-0.2, -0.15) is 0 Å². The Hall–Kier alpha value is -3.58. The molecule has 1 atom stereocenters. The number of carbonyl (C=O) groups is 2. The number of hydrogen-bond donors (Lipinski definition) is 1. The van der Waals surface area contributed by atoms with Gasteiger partial charge in [0.05, 0.1) is 33.8 Å². The van der Waals surface area contributed by atoms with Crippen LogP contribution in [-0.4, -0.2) is 50.7 Å². The van der Waals surface area contributed by atoms with Crippen molar-refractivity contribution in [2.45, 2.75) is 25.8 Å². The third kappa shape index (κ3) is 4.99. The highest BCUT2D eigenvalue weighted by Gasteiger charge is 2.32. The summed E-state index contributed by atoms with van der Waals surface area (Å²) >= 11 is 0. The molecule has 7 nitrogen and oxygen atoms in total. The van der Waals surface area contributed by atoms with Crippen molar-refractivity contribution in [2.24, 2.45) is 0 Å². The lowest BCUT2D eigenvalue weighted by Gasteiger charge is -2.37. The molecule has 0 aromatic heterocycles. The van der Waals surface area contributed by atoms with Crippen molar-refractivity contribution in [1.82, 2.24) is 4.90 Å². The Morgan fingerprint density at radius 3 is 2.53 bits per heavy atom. The molecule has 0 bridgehead atoms. The lowest BCUT2D eigenvalue weighted by atomic mass is 9.90.